The van der Waals surface area contributed by atoms with E-state index in [1.165, 1.54) is 16.3 Å². The Morgan fingerprint density at radius 3 is 2.35 bits per heavy atom. The number of hydrogen-bond donors (Lipinski definition) is 1. The average Bonchev–Trinajstić information content (AvgIpc) is 2.71. The zero-order chi connectivity index (χ0) is 17.8. The summed E-state index contributed by atoms with van der Waals surface area (Å²) in [6, 6.07) is 27.7. The fraction of sp³-hybridized carbons (Fsp3) is 0.261. The lowest BCUT2D eigenvalue weighted by molar-refractivity contribution is 0.190. The standard InChI is InChI=1S/C23H23N3/c24-18-23(25-21-10-2-1-3-11-21)13-15-26(16-14-23)17-20-9-6-8-19-7-4-5-12-22(19)20/h1-12,25H,13-17H2. The summed E-state index contributed by atoms with van der Waals surface area (Å²) in [5.41, 5.74) is 1.93. The van der Waals surface area contributed by atoms with Crippen molar-refractivity contribution in [2.24, 2.45) is 0 Å². The molecular weight excluding hydrogens is 318 g/mol. The predicted molar refractivity (Wildman–Crippen MR) is 107 cm³/mol. The van der Waals surface area contributed by atoms with Gasteiger partial charge in [0.1, 0.15) is 5.54 Å². The van der Waals surface area contributed by atoms with Crippen LogP contribution in [0.4, 0.5) is 5.69 Å². The fourth-order valence-electron chi connectivity index (χ4n) is 3.83. The van der Waals surface area contributed by atoms with Crippen LogP contribution in [0.15, 0.2) is 72.8 Å². The molecule has 1 heterocycles. The van der Waals surface area contributed by atoms with Crippen LogP contribution in [0, 0.1) is 11.3 Å². The van der Waals surface area contributed by atoms with Gasteiger partial charge in [-0.3, -0.25) is 4.90 Å². The largest absolute Gasteiger partial charge is 0.367 e. The molecule has 3 nitrogen and oxygen atoms in total. The fourth-order valence-corrected chi connectivity index (χ4v) is 3.83. The number of anilines is 1. The van der Waals surface area contributed by atoms with Gasteiger partial charge in [-0.25, -0.2) is 0 Å². The molecule has 0 amide bonds. The molecule has 0 unspecified atom stereocenters. The minimum Gasteiger partial charge on any atom is -0.367 e. The van der Waals surface area contributed by atoms with Crippen molar-refractivity contribution in [3.63, 3.8) is 0 Å². The van der Waals surface area contributed by atoms with Crippen LogP contribution in [0.5, 0.6) is 0 Å². The summed E-state index contributed by atoms with van der Waals surface area (Å²) < 4.78 is 0. The van der Waals surface area contributed by atoms with Crippen molar-refractivity contribution in [3.05, 3.63) is 78.4 Å². The zero-order valence-corrected chi connectivity index (χ0v) is 14.9. The van der Waals surface area contributed by atoms with Gasteiger partial charge in [0.25, 0.3) is 0 Å². The van der Waals surface area contributed by atoms with E-state index in [9.17, 15) is 5.26 Å². The number of fused-ring (bicyclic) bond motifs is 1. The van der Waals surface area contributed by atoms with Gasteiger partial charge in [0.05, 0.1) is 6.07 Å². The molecule has 4 rings (SSSR count). The molecule has 1 aliphatic rings. The lowest BCUT2D eigenvalue weighted by Gasteiger charge is -2.38. The quantitative estimate of drug-likeness (QED) is 0.740. The highest BCUT2D eigenvalue weighted by Gasteiger charge is 2.34. The van der Waals surface area contributed by atoms with Crippen LogP contribution in [-0.2, 0) is 6.54 Å². The van der Waals surface area contributed by atoms with Crippen molar-refractivity contribution in [1.29, 1.82) is 5.26 Å². The van der Waals surface area contributed by atoms with Gasteiger partial charge in [0.2, 0.25) is 0 Å². The first-order chi connectivity index (χ1) is 12.8. The van der Waals surface area contributed by atoms with E-state index in [1.807, 2.05) is 30.3 Å². The summed E-state index contributed by atoms with van der Waals surface area (Å²) in [4.78, 5) is 2.46. The summed E-state index contributed by atoms with van der Waals surface area (Å²) in [7, 11) is 0. The number of piperidine rings is 1. The van der Waals surface area contributed by atoms with Gasteiger partial charge in [-0.2, -0.15) is 5.26 Å². The molecule has 130 valence electrons. The third-order valence-electron chi connectivity index (χ3n) is 5.35. The molecule has 1 fully saturated rings. The Bertz CT molecular complexity index is 914. The summed E-state index contributed by atoms with van der Waals surface area (Å²) in [6.45, 7) is 2.79. The van der Waals surface area contributed by atoms with E-state index in [4.69, 9.17) is 0 Å². The Morgan fingerprint density at radius 2 is 1.58 bits per heavy atom. The number of nitriles is 1. The lowest BCUT2D eigenvalue weighted by Crippen LogP contribution is -2.48. The van der Waals surface area contributed by atoms with Crippen molar-refractivity contribution < 1.29 is 0 Å². The molecule has 0 spiro atoms. The molecule has 0 radical (unpaired) electrons. The molecular formula is C23H23N3. The molecule has 0 aliphatic carbocycles. The van der Waals surface area contributed by atoms with Crippen LogP contribution in [0.25, 0.3) is 10.8 Å². The van der Waals surface area contributed by atoms with Crippen molar-refractivity contribution in [1.82, 2.24) is 4.90 Å². The highest BCUT2D eigenvalue weighted by molar-refractivity contribution is 5.85. The molecule has 26 heavy (non-hydrogen) atoms. The van der Waals surface area contributed by atoms with Crippen LogP contribution >= 0.6 is 0 Å². The molecule has 3 heteroatoms. The Kier molecular flexibility index (Phi) is 4.60. The minimum atomic E-state index is -0.462. The number of hydrogen-bond acceptors (Lipinski definition) is 3. The van der Waals surface area contributed by atoms with Crippen LogP contribution < -0.4 is 5.32 Å². The van der Waals surface area contributed by atoms with Crippen LogP contribution in [0.2, 0.25) is 0 Å². The van der Waals surface area contributed by atoms with E-state index in [1.54, 1.807) is 0 Å². The number of likely N-dealkylation sites (tertiary alicyclic amines) is 1. The van der Waals surface area contributed by atoms with E-state index >= 15 is 0 Å². The van der Waals surface area contributed by atoms with Crippen molar-refractivity contribution in [2.75, 3.05) is 18.4 Å². The summed E-state index contributed by atoms with van der Waals surface area (Å²) in [5, 5.41) is 15.9. The second-order valence-corrected chi connectivity index (χ2v) is 7.10. The smallest absolute Gasteiger partial charge is 0.127 e. The average molecular weight is 341 g/mol. The molecule has 3 aromatic rings. The van der Waals surface area contributed by atoms with Gasteiger partial charge < -0.3 is 5.32 Å². The van der Waals surface area contributed by atoms with E-state index < -0.39 is 5.54 Å². The van der Waals surface area contributed by atoms with Crippen molar-refractivity contribution in [2.45, 2.75) is 24.9 Å². The monoisotopic (exact) mass is 341 g/mol. The second kappa shape index (κ2) is 7.19. The normalized spacial score (nSPS) is 16.9. The molecule has 3 aromatic carbocycles. The number of rotatable bonds is 4. The Morgan fingerprint density at radius 1 is 0.885 bits per heavy atom. The van der Waals surface area contributed by atoms with Gasteiger partial charge in [-0.05, 0) is 41.3 Å². The third kappa shape index (κ3) is 3.42. The Balaban J connectivity index is 1.45. The maximum absolute atomic E-state index is 9.79. The van der Waals surface area contributed by atoms with Crippen LogP contribution in [-0.4, -0.2) is 23.5 Å². The highest BCUT2D eigenvalue weighted by Crippen LogP contribution is 2.28. The molecule has 0 aromatic heterocycles. The molecule has 0 atom stereocenters. The van der Waals surface area contributed by atoms with E-state index in [2.05, 4.69) is 58.8 Å². The number of nitrogens with zero attached hydrogens (tertiary/aromatic N) is 2. The zero-order valence-electron chi connectivity index (χ0n) is 14.9. The minimum absolute atomic E-state index is 0.462. The first-order valence-corrected chi connectivity index (χ1v) is 9.22. The third-order valence-corrected chi connectivity index (χ3v) is 5.35. The van der Waals surface area contributed by atoms with Crippen LogP contribution in [0.3, 0.4) is 0 Å². The molecule has 0 bridgehead atoms. The van der Waals surface area contributed by atoms with Gasteiger partial charge in [-0.1, -0.05) is 60.7 Å². The molecule has 1 N–H and O–H groups in total. The maximum atomic E-state index is 9.79. The van der Waals surface area contributed by atoms with E-state index in [0.717, 1.165) is 38.2 Å². The van der Waals surface area contributed by atoms with E-state index in [0.29, 0.717) is 0 Å². The topological polar surface area (TPSA) is 39.1 Å². The Hall–Kier alpha value is -2.83. The predicted octanol–water partition coefficient (Wildman–Crippen LogP) is 4.81. The van der Waals surface area contributed by atoms with Crippen molar-refractivity contribution in [3.8, 4) is 6.07 Å². The Labute approximate surface area is 154 Å². The SMILES string of the molecule is N#CC1(Nc2ccccc2)CCN(Cc2cccc3ccccc23)CC1. The second-order valence-electron chi connectivity index (χ2n) is 7.10. The summed E-state index contributed by atoms with van der Waals surface area (Å²) in [5.74, 6) is 0. The first kappa shape index (κ1) is 16.6. The molecule has 0 saturated carbocycles. The lowest BCUT2D eigenvalue weighted by atomic mass is 9.88. The summed E-state index contributed by atoms with van der Waals surface area (Å²) in [6.07, 6.45) is 1.67. The van der Waals surface area contributed by atoms with Crippen LogP contribution in [0.1, 0.15) is 18.4 Å². The van der Waals surface area contributed by atoms with Gasteiger partial charge in [-0.15, -0.1) is 0 Å². The first-order valence-electron chi connectivity index (χ1n) is 9.22. The summed E-state index contributed by atoms with van der Waals surface area (Å²) >= 11 is 0. The van der Waals surface area contributed by atoms with Crippen molar-refractivity contribution >= 4 is 16.5 Å². The van der Waals surface area contributed by atoms with Gasteiger partial charge in [0.15, 0.2) is 0 Å². The molecule has 1 saturated heterocycles. The number of benzene rings is 3. The number of para-hydroxylation sites is 1. The maximum Gasteiger partial charge on any atom is 0.127 e. The number of nitrogens with one attached hydrogen (secondary N) is 1. The molecule has 1 aliphatic heterocycles. The highest BCUT2D eigenvalue weighted by atomic mass is 15.2. The van der Waals surface area contributed by atoms with E-state index in [-0.39, 0.29) is 0 Å². The van der Waals surface area contributed by atoms with Gasteiger partial charge in [0, 0.05) is 25.3 Å². The van der Waals surface area contributed by atoms with Gasteiger partial charge >= 0.3 is 0 Å².